The second kappa shape index (κ2) is 4.69. The van der Waals surface area contributed by atoms with E-state index in [9.17, 15) is 9.18 Å². The Labute approximate surface area is 119 Å². The first-order valence-corrected chi connectivity index (χ1v) is 9.17. The molecule has 1 aliphatic rings. The quantitative estimate of drug-likeness (QED) is 0.455. The summed E-state index contributed by atoms with van der Waals surface area (Å²) in [5.74, 6) is 0.195. The molecule has 19 heavy (non-hydrogen) atoms. The van der Waals surface area contributed by atoms with E-state index < -0.39 is 0 Å². The zero-order valence-corrected chi connectivity index (χ0v) is 12.8. The van der Waals surface area contributed by atoms with Crippen LogP contribution in [0.4, 0.5) is 4.39 Å². The van der Waals surface area contributed by atoms with Gasteiger partial charge in [0.1, 0.15) is 0 Å². The maximum atomic E-state index is 13.9. The summed E-state index contributed by atoms with van der Waals surface area (Å²) in [5.41, 5.74) is 1.27. The van der Waals surface area contributed by atoms with Crippen molar-refractivity contribution in [2.24, 2.45) is 7.05 Å². The molecule has 0 aliphatic heterocycles. The summed E-state index contributed by atoms with van der Waals surface area (Å²) in [7, 11) is 1.56. The van der Waals surface area contributed by atoms with Crippen LogP contribution in [0.5, 0.6) is 0 Å². The topological polar surface area (TPSA) is 52.7 Å². The molecule has 1 fully saturated rings. The Morgan fingerprint density at radius 1 is 1.37 bits per heavy atom. The zero-order valence-electron chi connectivity index (χ0n) is 10.6. The molecule has 0 unspecified atom stereocenters. The molecule has 0 atom stereocenters. The van der Waals surface area contributed by atoms with Crippen LogP contribution in [-0.2, 0) is 7.05 Å². The van der Waals surface area contributed by atoms with Gasteiger partial charge >= 0.3 is 119 Å². The summed E-state index contributed by atoms with van der Waals surface area (Å²) in [4.78, 5) is 14.0. The third-order valence-electron chi connectivity index (χ3n) is 3.24. The van der Waals surface area contributed by atoms with Crippen LogP contribution in [0.25, 0.3) is 5.69 Å². The van der Waals surface area contributed by atoms with Gasteiger partial charge in [-0.1, -0.05) is 0 Å². The average Bonchev–Trinajstić information content (AvgIpc) is 3.18. The van der Waals surface area contributed by atoms with Crippen molar-refractivity contribution in [3.63, 3.8) is 0 Å². The van der Waals surface area contributed by atoms with Gasteiger partial charge in [-0.25, -0.2) is 0 Å². The second-order valence-corrected chi connectivity index (χ2v) is 6.83. The van der Waals surface area contributed by atoms with Crippen LogP contribution in [0.2, 0.25) is 0 Å². The Balaban J connectivity index is 2.23. The SMILES string of the molecule is C[I-]c1cc(-n2nnn(C)c2=O)c(C2CC2)cc1F. The van der Waals surface area contributed by atoms with Gasteiger partial charge in [0.2, 0.25) is 0 Å². The molecule has 1 aliphatic carbocycles. The van der Waals surface area contributed by atoms with Gasteiger partial charge in [-0.05, 0) is 0 Å². The molecule has 3 rings (SSSR count). The van der Waals surface area contributed by atoms with E-state index in [1.54, 1.807) is 19.2 Å². The molecule has 1 saturated carbocycles. The van der Waals surface area contributed by atoms with E-state index in [1.165, 1.54) is 9.36 Å². The number of nitrogens with zero attached hydrogens (tertiary/aromatic N) is 4. The molecule has 5 nitrogen and oxygen atoms in total. The maximum absolute atomic E-state index is 13.9. The number of hydrogen-bond donors (Lipinski definition) is 0. The molecule has 0 spiro atoms. The Kier molecular flexibility index (Phi) is 3.15. The molecule has 0 bridgehead atoms. The van der Waals surface area contributed by atoms with Gasteiger partial charge in [0.25, 0.3) is 0 Å². The number of benzene rings is 1. The summed E-state index contributed by atoms with van der Waals surface area (Å²) < 4.78 is 17.1. The predicted octanol–water partition coefficient (Wildman–Crippen LogP) is -2.13. The fourth-order valence-electron chi connectivity index (χ4n) is 2.07. The number of tetrazole rings is 1. The van der Waals surface area contributed by atoms with E-state index in [1.807, 2.05) is 4.93 Å². The number of rotatable bonds is 3. The van der Waals surface area contributed by atoms with Crippen LogP contribution in [0.1, 0.15) is 24.3 Å². The number of alkyl halides is 1. The van der Waals surface area contributed by atoms with Crippen LogP contribution in [0.3, 0.4) is 0 Å². The van der Waals surface area contributed by atoms with Crippen molar-refractivity contribution in [3.8, 4) is 5.69 Å². The van der Waals surface area contributed by atoms with Crippen molar-refractivity contribution >= 4 is 0 Å². The predicted molar refractivity (Wildman–Crippen MR) is 63.2 cm³/mol. The van der Waals surface area contributed by atoms with Crippen molar-refractivity contribution in [1.29, 1.82) is 0 Å². The molecule has 0 saturated heterocycles. The average molecular weight is 375 g/mol. The first-order valence-electron chi connectivity index (χ1n) is 5.94. The molecular formula is C12H13FIN4O-. The van der Waals surface area contributed by atoms with Crippen LogP contribution in [0, 0.1) is 9.39 Å². The van der Waals surface area contributed by atoms with Crippen LogP contribution in [0.15, 0.2) is 16.9 Å². The number of aryl methyl sites for hydroxylation is 1. The molecule has 1 aromatic carbocycles. The van der Waals surface area contributed by atoms with E-state index in [4.69, 9.17) is 0 Å². The minimum atomic E-state index is -0.382. The van der Waals surface area contributed by atoms with Crippen molar-refractivity contribution in [2.45, 2.75) is 18.8 Å². The van der Waals surface area contributed by atoms with Gasteiger partial charge in [-0.2, -0.15) is 0 Å². The van der Waals surface area contributed by atoms with Crippen LogP contribution >= 0.6 is 0 Å². The third-order valence-corrected chi connectivity index (χ3v) is 5.23. The van der Waals surface area contributed by atoms with Gasteiger partial charge < -0.3 is 0 Å². The van der Waals surface area contributed by atoms with Gasteiger partial charge in [-0.15, -0.1) is 0 Å². The van der Waals surface area contributed by atoms with Crippen molar-refractivity contribution < 1.29 is 25.6 Å². The molecular weight excluding hydrogens is 362 g/mol. The fraction of sp³-hybridized carbons (Fsp3) is 0.417. The first-order chi connectivity index (χ1) is 9.11. The summed E-state index contributed by atoms with van der Waals surface area (Å²) in [6.45, 7) is 0. The standard InChI is InChI=1S/C12H13FIN4O/c1-14-10-6-11(18-12(19)17(2)15-16-18)8(5-9(10)13)7-3-4-7/h5-7H,3-4H2,1-2H3/q-1. The fourth-order valence-corrected chi connectivity index (χ4v) is 3.34. The molecule has 7 heteroatoms. The van der Waals surface area contributed by atoms with Crippen molar-refractivity contribution in [2.75, 3.05) is 4.93 Å². The Bertz CT molecular complexity index is 690. The number of aromatic nitrogens is 4. The molecule has 1 heterocycles. The van der Waals surface area contributed by atoms with Gasteiger partial charge in [0.15, 0.2) is 0 Å². The first kappa shape index (κ1) is 12.8. The summed E-state index contributed by atoms with van der Waals surface area (Å²) in [6, 6.07) is 3.35. The van der Waals surface area contributed by atoms with Crippen LogP contribution in [-0.4, -0.2) is 24.7 Å². The third kappa shape index (κ3) is 2.19. The van der Waals surface area contributed by atoms with Crippen molar-refractivity contribution in [3.05, 3.63) is 37.6 Å². The zero-order chi connectivity index (χ0) is 13.6. The molecule has 0 N–H and O–H groups in total. The molecule has 0 radical (unpaired) electrons. The van der Waals surface area contributed by atoms with Gasteiger partial charge in [0, 0.05) is 0 Å². The van der Waals surface area contributed by atoms with Crippen LogP contribution < -0.4 is 26.9 Å². The minimum absolute atomic E-state index is 0.155. The number of hydrogen-bond acceptors (Lipinski definition) is 3. The second-order valence-electron chi connectivity index (χ2n) is 4.59. The van der Waals surface area contributed by atoms with E-state index in [-0.39, 0.29) is 32.7 Å². The Hall–Kier alpha value is -1.25. The van der Waals surface area contributed by atoms with E-state index in [0.29, 0.717) is 15.2 Å². The summed E-state index contributed by atoms with van der Waals surface area (Å²) in [5, 5.41) is 7.59. The Morgan fingerprint density at radius 2 is 2.11 bits per heavy atom. The van der Waals surface area contributed by atoms with Gasteiger partial charge in [0.05, 0.1) is 0 Å². The summed E-state index contributed by atoms with van der Waals surface area (Å²) >= 11 is -0.382. The Morgan fingerprint density at radius 3 is 2.63 bits per heavy atom. The molecule has 102 valence electrons. The molecule has 2 aromatic rings. The molecule has 1 aromatic heterocycles. The monoisotopic (exact) mass is 375 g/mol. The van der Waals surface area contributed by atoms with E-state index >= 15 is 0 Å². The van der Waals surface area contributed by atoms with Crippen molar-refractivity contribution in [1.82, 2.24) is 19.8 Å². The van der Waals surface area contributed by atoms with Gasteiger partial charge in [-0.3, -0.25) is 0 Å². The summed E-state index contributed by atoms with van der Waals surface area (Å²) in [6.07, 6.45) is 2.09. The van der Waals surface area contributed by atoms with E-state index in [0.717, 1.165) is 18.4 Å². The normalized spacial score (nSPS) is 15.1. The molecule has 0 amide bonds. The number of halogens is 2. The van der Waals surface area contributed by atoms with E-state index in [2.05, 4.69) is 10.4 Å².